The predicted molar refractivity (Wildman–Crippen MR) is 86.8 cm³/mol. The molecule has 2 rings (SSSR count). The van der Waals surface area contributed by atoms with Crippen molar-refractivity contribution in [1.29, 1.82) is 0 Å². The molecule has 1 amide bonds. The van der Waals surface area contributed by atoms with Crippen molar-refractivity contribution in [2.24, 2.45) is 0 Å². The lowest BCUT2D eigenvalue weighted by Gasteiger charge is -2.20. The highest BCUT2D eigenvalue weighted by Gasteiger charge is 2.16. The largest absolute Gasteiger partial charge is 0.351 e. The normalized spacial score (nSPS) is 11.9. The van der Waals surface area contributed by atoms with Crippen molar-refractivity contribution in [3.8, 4) is 0 Å². The molecule has 0 radical (unpaired) electrons. The number of hydrogen-bond acceptors (Lipinski definition) is 2. The molecule has 0 unspecified atom stereocenters. The molecule has 4 nitrogen and oxygen atoms in total. The topological polar surface area (TPSA) is 46.9 Å². The zero-order chi connectivity index (χ0) is 15.6. The van der Waals surface area contributed by atoms with Gasteiger partial charge >= 0.3 is 0 Å². The number of rotatable bonds is 4. The van der Waals surface area contributed by atoms with Crippen molar-refractivity contribution in [3.05, 3.63) is 29.0 Å². The van der Waals surface area contributed by atoms with Crippen LogP contribution in [0.1, 0.15) is 33.0 Å². The van der Waals surface area contributed by atoms with Crippen molar-refractivity contribution in [1.82, 2.24) is 14.9 Å². The number of nitrogens with one attached hydrogen (secondary N) is 1. The van der Waals surface area contributed by atoms with Crippen LogP contribution in [0.2, 0.25) is 5.02 Å². The molecular formula is C15H19Cl2N3O. The fourth-order valence-corrected chi connectivity index (χ4v) is 2.62. The number of halogens is 2. The minimum absolute atomic E-state index is 0.00639. The number of carbonyl (C=O) groups excluding carboxylic acids is 1. The van der Waals surface area contributed by atoms with Gasteiger partial charge in [0.05, 0.1) is 16.4 Å². The molecule has 0 bridgehead atoms. The molecule has 21 heavy (non-hydrogen) atoms. The van der Waals surface area contributed by atoms with Crippen molar-refractivity contribution in [3.63, 3.8) is 0 Å². The molecule has 114 valence electrons. The van der Waals surface area contributed by atoms with Crippen LogP contribution in [0.15, 0.2) is 18.2 Å². The standard InChI is InChI=1S/C15H19Cl2N3O/c1-15(2,3)19-13(21)7-8-20-11-6-4-5-10(17)14(11)18-12(20)9-16/h4-6H,7-9H2,1-3H3,(H,19,21). The lowest BCUT2D eigenvalue weighted by atomic mass is 10.1. The molecule has 0 aliphatic heterocycles. The van der Waals surface area contributed by atoms with E-state index in [4.69, 9.17) is 23.2 Å². The summed E-state index contributed by atoms with van der Waals surface area (Å²) in [6.07, 6.45) is 0.374. The van der Waals surface area contributed by atoms with E-state index in [1.54, 1.807) is 6.07 Å². The van der Waals surface area contributed by atoms with E-state index in [0.29, 0.717) is 18.0 Å². The molecule has 1 heterocycles. The maximum atomic E-state index is 12.0. The van der Waals surface area contributed by atoms with E-state index in [9.17, 15) is 4.79 Å². The first-order chi connectivity index (χ1) is 9.81. The summed E-state index contributed by atoms with van der Waals surface area (Å²) in [6.45, 7) is 6.41. The number of aryl methyl sites for hydroxylation is 1. The van der Waals surface area contributed by atoms with E-state index in [0.717, 1.165) is 16.9 Å². The van der Waals surface area contributed by atoms with Gasteiger partial charge in [0, 0.05) is 18.5 Å². The van der Waals surface area contributed by atoms with Crippen LogP contribution >= 0.6 is 23.2 Å². The molecule has 1 N–H and O–H groups in total. The second-order valence-electron chi connectivity index (χ2n) is 5.97. The van der Waals surface area contributed by atoms with Gasteiger partial charge in [-0.25, -0.2) is 4.98 Å². The number of amides is 1. The summed E-state index contributed by atoms with van der Waals surface area (Å²) in [5.41, 5.74) is 1.40. The number of aromatic nitrogens is 2. The first-order valence-electron chi connectivity index (χ1n) is 6.82. The number of imidazole rings is 1. The maximum absolute atomic E-state index is 12.0. The van der Waals surface area contributed by atoms with Gasteiger partial charge in [-0.2, -0.15) is 0 Å². The van der Waals surface area contributed by atoms with E-state index >= 15 is 0 Å². The minimum atomic E-state index is -0.229. The van der Waals surface area contributed by atoms with Crippen LogP contribution in [0.25, 0.3) is 11.0 Å². The Morgan fingerprint density at radius 3 is 2.71 bits per heavy atom. The zero-order valence-corrected chi connectivity index (χ0v) is 13.9. The first kappa shape index (κ1) is 16.1. The van der Waals surface area contributed by atoms with Crippen LogP contribution in [0, 0.1) is 0 Å². The molecule has 0 saturated heterocycles. The molecule has 2 aromatic rings. The summed E-state index contributed by atoms with van der Waals surface area (Å²) in [5, 5.41) is 3.54. The van der Waals surface area contributed by atoms with E-state index in [-0.39, 0.29) is 17.3 Å². The predicted octanol–water partition coefficient (Wildman–Crippen LogP) is 3.73. The lowest BCUT2D eigenvalue weighted by molar-refractivity contribution is -0.122. The van der Waals surface area contributed by atoms with Gasteiger partial charge in [-0.3, -0.25) is 4.79 Å². The third kappa shape index (κ3) is 3.89. The fraction of sp³-hybridized carbons (Fsp3) is 0.467. The zero-order valence-electron chi connectivity index (χ0n) is 12.4. The Morgan fingerprint density at radius 2 is 2.10 bits per heavy atom. The smallest absolute Gasteiger partial charge is 0.222 e. The Bertz CT molecular complexity index is 659. The Labute approximate surface area is 134 Å². The van der Waals surface area contributed by atoms with Gasteiger partial charge < -0.3 is 9.88 Å². The van der Waals surface area contributed by atoms with E-state index in [2.05, 4.69) is 10.3 Å². The van der Waals surface area contributed by atoms with Gasteiger partial charge in [0.15, 0.2) is 0 Å². The SMILES string of the molecule is CC(C)(C)NC(=O)CCn1c(CCl)nc2c(Cl)cccc21. The Balaban J connectivity index is 2.22. The van der Waals surface area contributed by atoms with Crippen molar-refractivity contribution in [2.45, 2.75) is 45.2 Å². The minimum Gasteiger partial charge on any atom is -0.351 e. The number of carbonyl (C=O) groups is 1. The Hall–Kier alpha value is -1.26. The van der Waals surface area contributed by atoms with E-state index in [1.807, 2.05) is 37.5 Å². The lowest BCUT2D eigenvalue weighted by Crippen LogP contribution is -2.40. The highest BCUT2D eigenvalue weighted by molar-refractivity contribution is 6.35. The number of para-hydroxylation sites is 1. The van der Waals surface area contributed by atoms with Crippen molar-refractivity contribution in [2.75, 3.05) is 0 Å². The number of nitrogens with zero attached hydrogens (tertiary/aromatic N) is 2. The van der Waals surface area contributed by atoms with Gasteiger partial charge in [-0.15, -0.1) is 11.6 Å². The molecule has 1 aromatic carbocycles. The van der Waals surface area contributed by atoms with Crippen LogP contribution in [0.3, 0.4) is 0 Å². The average Bonchev–Trinajstić information content (AvgIpc) is 2.73. The molecule has 0 fully saturated rings. The van der Waals surface area contributed by atoms with Crippen LogP contribution in [-0.4, -0.2) is 21.0 Å². The quantitative estimate of drug-likeness (QED) is 0.869. The summed E-state index contributed by atoms with van der Waals surface area (Å²) in [5.74, 6) is 1.02. The number of fused-ring (bicyclic) bond motifs is 1. The van der Waals surface area contributed by atoms with Gasteiger partial charge in [-0.1, -0.05) is 17.7 Å². The second kappa shape index (κ2) is 6.24. The van der Waals surface area contributed by atoms with Gasteiger partial charge in [-0.05, 0) is 32.9 Å². The fourth-order valence-electron chi connectivity index (χ4n) is 2.21. The van der Waals surface area contributed by atoms with Crippen molar-refractivity contribution < 1.29 is 4.79 Å². The number of benzene rings is 1. The third-order valence-electron chi connectivity index (χ3n) is 3.01. The molecule has 0 atom stereocenters. The molecule has 6 heteroatoms. The molecule has 0 aliphatic carbocycles. The average molecular weight is 328 g/mol. The monoisotopic (exact) mass is 327 g/mol. The Kier molecular flexibility index (Phi) is 4.79. The molecule has 0 spiro atoms. The highest BCUT2D eigenvalue weighted by Crippen LogP contribution is 2.24. The van der Waals surface area contributed by atoms with E-state index < -0.39 is 0 Å². The molecule has 1 aromatic heterocycles. The number of alkyl halides is 1. The summed E-state index contributed by atoms with van der Waals surface area (Å²) < 4.78 is 1.95. The highest BCUT2D eigenvalue weighted by atomic mass is 35.5. The molecule has 0 aliphatic rings. The summed E-state index contributed by atoms with van der Waals surface area (Å²) in [7, 11) is 0. The van der Waals surface area contributed by atoms with Crippen LogP contribution in [0.4, 0.5) is 0 Å². The van der Waals surface area contributed by atoms with Crippen LogP contribution in [0.5, 0.6) is 0 Å². The van der Waals surface area contributed by atoms with E-state index in [1.165, 1.54) is 0 Å². The van der Waals surface area contributed by atoms with Crippen LogP contribution in [-0.2, 0) is 17.2 Å². The third-order valence-corrected chi connectivity index (χ3v) is 3.55. The summed E-state index contributed by atoms with van der Waals surface area (Å²) in [4.78, 5) is 16.4. The van der Waals surface area contributed by atoms with Gasteiger partial charge in [0.1, 0.15) is 11.3 Å². The van der Waals surface area contributed by atoms with Crippen LogP contribution < -0.4 is 5.32 Å². The molecular weight excluding hydrogens is 309 g/mol. The Morgan fingerprint density at radius 1 is 1.38 bits per heavy atom. The number of hydrogen-bond donors (Lipinski definition) is 1. The van der Waals surface area contributed by atoms with Crippen molar-refractivity contribution >= 4 is 40.1 Å². The molecule has 0 saturated carbocycles. The maximum Gasteiger partial charge on any atom is 0.222 e. The first-order valence-corrected chi connectivity index (χ1v) is 7.73. The second-order valence-corrected chi connectivity index (χ2v) is 6.64. The van der Waals surface area contributed by atoms with Gasteiger partial charge in [0.2, 0.25) is 5.91 Å². The van der Waals surface area contributed by atoms with Gasteiger partial charge in [0.25, 0.3) is 0 Å². The summed E-state index contributed by atoms with van der Waals surface area (Å²) >= 11 is 12.1. The summed E-state index contributed by atoms with van der Waals surface area (Å²) in [6, 6.07) is 5.60.